The number of ether oxygens (including phenoxy) is 3. The van der Waals surface area contributed by atoms with Gasteiger partial charge in [0.2, 0.25) is 5.76 Å². The molecule has 0 aliphatic rings. The van der Waals surface area contributed by atoms with Crippen LogP contribution in [0.25, 0.3) is 6.08 Å². The van der Waals surface area contributed by atoms with Crippen molar-refractivity contribution in [2.24, 2.45) is 0 Å². The lowest BCUT2D eigenvalue weighted by atomic mass is 10.2. The Balaban J connectivity index is 2.10. The summed E-state index contributed by atoms with van der Waals surface area (Å²) in [6.45, 7) is 4.79. The average molecular weight is 326 g/mol. The van der Waals surface area contributed by atoms with Gasteiger partial charge < -0.3 is 14.2 Å². The molecule has 0 unspecified atom stereocenters. The van der Waals surface area contributed by atoms with Gasteiger partial charge in [0.25, 0.3) is 0 Å². The predicted octanol–water partition coefficient (Wildman–Crippen LogP) is 4.21. The number of carbonyl (C=O) groups is 1. The van der Waals surface area contributed by atoms with Crippen LogP contribution in [0.1, 0.15) is 25.0 Å². The van der Waals surface area contributed by atoms with Gasteiger partial charge in [-0.25, -0.2) is 4.79 Å². The van der Waals surface area contributed by atoms with E-state index in [9.17, 15) is 4.79 Å². The molecule has 0 radical (unpaired) electrons. The molecule has 2 rings (SSSR count). The third-order valence-electron chi connectivity index (χ3n) is 3.18. The summed E-state index contributed by atoms with van der Waals surface area (Å²) in [6, 6.07) is 17.5. The maximum Gasteiger partial charge on any atom is 0.373 e. The second-order valence-corrected chi connectivity index (χ2v) is 5.01. The van der Waals surface area contributed by atoms with Crippen LogP contribution in [-0.4, -0.2) is 19.2 Å². The number of hydrogen-bond acceptors (Lipinski definition) is 4. The molecule has 4 heteroatoms. The number of rotatable bonds is 8. The van der Waals surface area contributed by atoms with Crippen molar-refractivity contribution in [2.75, 3.05) is 13.2 Å². The molecule has 0 amide bonds. The minimum atomic E-state index is -0.463. The maximum atomic E-state index is 11.9. The van der Waals surface area contributed by atoms with Crippen LogP contribution in [0.4, 0.5) is 0 Å². The zero-order valence-electron chi connectivity index (χ0n) is 14.0. The molecule has 0 aromatic heterocycles. The van der Waals surface area contributed by atoms with Crippen molar-refractivity contribution < 1.29 is 19.0 Å². The SMILES string of the molecule is CCOC(=O)/C(=C\c1cccc(OCc2ccccc2)c1)OCC. The molecular formula is C20H22O4. The van der Waals surface area contributed by atoms with E-state index in [1.165, 1.54) is 0 Å². The van der Waals surface area contributed by atoms with Gasteiger partial charge in [0.15, 0.2) is 0 Å². The van der Waals surface area contributed by atoms with Crippen LogP contribution in [0, 0.1) is 0 Å². The first-order chi connectivity index (χ1) is 11.7. The van der Waals surface area contributed by atoms with E-state index in [0.29, 0.717) is 19.8 Å². The molecule has 4 nitrogen and oxygen atoms in total. The van der Waals surface area contributed by atoms with E-state index >= 15 is 0 Å². The van der Waals surface area contributed by atoms with Crippen molar-refractivity contribution >= 4 is 12.0 Å². The van der Waals surface area contributed by atoms with E-state index in [1.807, 2.05) is 61.5 Å². The van der Waals surface area contributed by atoms with Gasteiger partial charge in [-0.3, -0.25) is 0 Å². The molecule has 0 fully saturated rings. The first-order valence-electron chi connectivity index (χ1n) is 8.01. The molecule has 24 heavy (non-hydrogen) atoms. The fourth-order valence-electron chi connectivity index (χ4n) is 2.10. The van der Waals surface area contributed by atoms with Crippen molar-refractivity contribution in [2.45, 2.75) is 20.5 Å². The van der Waals surface area contributed by atoms with Gasteiger partial charge in [-0.05, 0) is 43.2 Å². The highest BCUT2D eigenvalue weighted by Crippen LogP contribution is 2.18. The third-order valence-corrected chi connectivity index (χ3v) is 3.18. The molecule has 0 aliphatic carbocycles. The molecule has 0 heterocycles. The Bertz CT molecular complexity index is 677. The second kappa shape index (κ2) is 9.40. The van der Waals surface area contributed by atoms with E-state index in [4.69, 9.17) is 14.2 Å². The zero-order chi connectivity index (χ0) is 17.2. The zero-order valence-corrected chi connectivity index (χ0v) is 14.0. The first-order valence-corrected chi connectivity index (χ1v) is 8.01. The first kappa shape index (κ1) is 17.6. The maximum absolute atomic E-state index is 11.9. The summed E-state index contributed by atoms with van der Waals surface area (Å²) in [5.74, 6) is 0.460. The molecule has 0 saturated carbocycles. The minimum Gasteiger partial charge on any atom is -0.489 e. The van der Waals surface area contributed by atoms with Crippen molar-refractivity contribution in [3.63, 3.8) is 0 Å². The van der Waals surface area contributed by atoms with Crippen molar-refractivity contribution in [3.05, 3.63) is 71.5 Å². The lowest BCUT2D eigenvalue weighted by Gasteiger charge is -2.09. The summed E-state index contributed by atoms with van der Waals surface area (Å²) in [4.78, 5) is 11.9. The van der Waals surface area contributed by atoms with Crippen LogP contribution >= 0.6 is 0 Å². The van der Waals surface area contributed by atoms with Crippen LogP contribution in [0.15, 0.2) is 60.4 Å². The molecule has 126 valence electrons. The van der Waals surface area contributed by atoms with Crippen molar-refractivity contribution in [1.82, 2.24) is 0 Å². The molecule has 0 bridgehead atoms. The topological polar surface area (TPSA) is 44.8 Å². The van der Waals surface area contributed by atoms with Gasteiger partial charge in [-0.15, -0.1) is 0 Å². The van der Waals surface area contributed by atoms with E-state index in [2.05, 4.69) is 0 Å². The van der Waals surface area contributed by atoms with Crippen LogP contribution in [0.3, 0.4) is 0 Å². The van der Waals surface area contributed by atoms with E-state index in [1.54, 1.807) is 13.0 Å². The monoisotopic (exact) mass is 326 g/mol. The Morgan fingerprint density at radius 3 is 2.42 bits per heavy atom. The standard InChI is InChI=1S/C20H22O4/c1-3-22-19(20(21)23-4-2)14-17-11-8-12-18(13-17)24-15-16-9-6-5-7-10-16/h5-14H,3-4,15H2,1-2H3/b19-14+. The average Bonchev–Trinajstić information content (AvgIpc) is 2.61. The van der Waals surface area contributed by atoms with E-state index in [0.717, 1.165) is 16.9 Å². The van der Waals surface area contributed by atoms with Gasteiger partial charge in [0.1, 0.15) is 12.4 Å². The summed E-state index contributed by atoms with van der Waals surface area (Å²) in [6.07, 6.45) is 1.66. The van der Waals surface area contributed by atoms with Gasteiger partial charge in [0.05, 0.1) is 13.2 Å². The highest BCUT2D eigenvalue weighted by Gasteiger charge is 2.11. The number of hydrogen-bond donors (Lipinski definition) is 0. The number of benzene rings is 2. The lowest BCUT2D eigenvalue weighted by molar-refractivity contribution is -0.142. The summed E-state index contributed by atoms with van der Waals surface area (Å²) < 4.78 is 16.2. The van der Waals surface area contributed by atoms with Crippen LogP contribution in [-0.2, 0) is 20.9 Å². The van der Waals surface area contributed by atoms with Gasteiger partial charge in [0, 0.05) is 0 Å². The van der Waals surface area contributed by atoms with E-state index < -0.39 is 5.97 Å². The highest BCUT2D eigenvalue weighted by atomic mass is 16.6. The van der Waals surface area contributed by atoms with Gasteiger partial charge in [-0.2, -0.15) is 0 Å². The van der Waals surface area contributed by atoms with E-state index in [-0.39, 0.29) is 5.76 Å². The Morgan fingerprint density at radius 2 is 1.71 bits per heavy atom. The quantitative estimate of drug-likeness (QED) is 0.414. The largest absolute Gasteiger partial charge is 0.489 e. The number of carbonyl (C=O) groups excluding carboxylic acids is 1. The Morgan fingerprint density at radius 1 is 0.958 bits per heavy atom. The summed E-state index contributed by atoms with van der Waals surface area (Å²) in [7, 11) is 0. The Labute approximate surface area is 142 Å². The highest BCUT2D eigenvalue weighted by molar-refractivity contribution is 5.91. The Hall–Kier alpha value is -2.75. The summed E-state index contributed by atoms with van der Waals surface area (Å²) in [5, 5.41) is 0. The second-order valence-electron chi connectivity index (χ2n) is 5.01. The molecular weight excluding hydrogens is 304 g/mol. The molecule has 0 aliphatic heterocycles. The number of esters is 1. The smallest absolute Gasteiger partial charge is 0.373 e. The minimum absolute atomic E-state index is 0.194. The Kier molecular flexibility index (Phi) is 6.90. The molecule has 0 atom stereocenters. The van der Waals surface area contributed by atoms with Gasteiger partial charge in [-0.1, -0.05) is 42.5 Å². The van der Waals surface area contributed by atoms with Crippen LogP contribution in [0.5, 0.6) is 5.75 Å². The van der Waals surface area contributed by atoms with Crippen LogP contribution < -0.4 is 4.74 Å². The fraction of sp³-hybridized carbons (Fsp3) is 0.250. The lowest BCUT2D eigenvalue weighted by Crippen LogP contribution is -2.10. The normalized spacial score (nSPS) is 11.0. The molecule has 2 aromatic carbocycles. The molecule has 0 N–H and O–H groups in total. The van der Waals surface area contributed by atoms with Crippen molar-refractivity contribution in [1.29, 1.82) is 0 Å². The third kappa shape index (κ3) is 5.47. The molecule has 2 aromatic rings. The summed E-state index contributed by atoms with van der Waals surface area (Å²) >= 11 is 0. The predicted molar refractivity (Wildman–Crippen MR) is 93.5 cm³/mol. The fourth-order valence-corrected chi connectivity index (χ4v) is 2.10. The molecule has 0 spiro atoms. The van der Waals surface area contributed by atoms with Crippen molar-refractivity contribution in [3.8, 4) is 5.75 Å². The molecule has 0 saturated heterocycles. The van der Waals surface area contributed by atoms with Crippen LogP contribution in [0.2, 0.25) is 0 Å². The van der Waals surface area contributed by atoms with Gasteiger partial charge >= 0.3 is 5.97 Å². The summed E-state index contributed by atoms with van der Waals surface area (Å²) in [5.41, 5.74) is 1.91.